The topological polar surface area (TPSA) is 57.8 Å². The highest BCUT2D eigenvalue weighted by atomic mass is 16.2. The summed E-state index contributed by atoms with van der Waals surface area (Å²) in [5.41, 5.74) is 1.40. The molecule has 0 aliphatic heterocycles. The SMILES string of the molecule is CCCCCCC(CC)NC(=O)c1n[nH]c2ccccc12. The maximum Gasteiger partial charge on any atom is 0.272 e. The van der Waals surface area contributed by atoms with Gasteiger partial charge in [-0.2, -0.15) is 5.10 Å². The zero-order chi connectivity index (χ0) is 15.1. The number of nitrogens with zero attached hydrogens (tertiary/aromatic N) is 1. The summed E-state index contributed by atoms with van der Waals surface area (Å²) in [5, 5.41) is 11.1. The molecule has 0 saturated heterocycles. The smallest absolute Gasteiger partial charge is 0.272 e. The van der Waals surface area contributed by atoms with Gasteiger partial charge >= 0.3 is 0 Å². The summed E-state index contributed by atoms with van der Waals surface area (Å²) in [6.45, 7) is 4.33. The average molecular weight is 287 g/mol. The van der Waals surface area contributed by atoms with E-state index in [0.717, 1.165) is 23.7 Å². The molecule has 114 valence electrons. The Balaban J connectivity index is 1.96. The molecule has 0 aliphatic rings. The molecule has 4 nitrogen and oxygen atoms in total. The van der Waals surface area contributed by atoms with Gasteiger partial charge in [0.1, 0.15) is 0 Å². The Morgan fingerprint density at radius 1 is 1.24 bits per heavy atom. The van der Waals surface area contributed by atoms with Crippen LogP contribution in [-0.2, 0) is 0 Å². The van der Waals surface area contributed by atoms with Gasteiger partial charge in [0, 0.05) is 11.4 Å². The molecular weight excluding hydrogens is 262 g/mol. The van der Waals surface area contributed by atoms with E-state index < -0.39 is 0 Å². The molecule has 0 bridgehead atoms. The van der Waals surface area contributed by atoms with Gasteiger partial charge in [-0.25, -0.2) is 0 Å². The first-order chi connectivity index (χ1) is 10.3. The average Bonchev–Trinajstić information content (AvgIpc) is 2.94. The molecule has 0 fully saturated rings. The molecule has 1 heterocycles. The molecule has 1 atom stereocenters. The van der Waals surface area contributed by atoms with Crippen LogP contribution in [-0.4, -0.2) is 22.1 Å². The number of para-hydroxylation sites is 1. The number of nitrogens with one attached hydrogen (secondary N) is 2. The quantitative estimate of drug-likeness (QED) is 0.720. The van der Waals surface area contributed by atoms with Crippen LogP contribution >= 0.6 is 0 Å². The van der Waals surface area contributed by atoms with Crippen LogP contribution in [0, 0.1) is 0 Å². The molecule has 0 radical (unpaired) electrons. The van der Waals surface area contributed by atoms with E-state index in [0.29, 0.717) is 5.69 Å². The minimum absolute atomic E-state index is 0.0743. The van der Waals surface area contributed by atoms with Gasteiger partial charge in [-0.05, 0) is 18.9 Å². The Hall–Kier alpha value is -1.84. The Morgan fingerprint density at radius 3 is 2.81 bits per heavy atom. The molecule has 21 heavy (non-hydrogen) atoms. The Kier molecular flexibility index (Phi) is 5.78. The third-order valence-electron chi connectivity index (χ3n) is 3.92. The van der Waals surface area contributed by atoms with Crippen molar-refractivity contribution in [2.24, 2.45) is 0 Å². The maximum absolute atomic E-state index is 12.4. The zero-order valence-electron chi connectivity index (χ0n) is 13.0. The molecule has 1 amide bonds. The predicted molar refractivity (Wildman–Crippen MR) is 86.4 cm³/mol. The third-order valence-corrected chi connectivity index (χ3v) is 3.92. The van der Waals surface area contributed by atoms with Crippen molar-refractivity contribution in [1.29, 1.82) is 0 Å². The third kappa shape index (κ3) is 4.06. The predicted octanol–water partition coefficient (Wildman–Crippen LogP) is 4.04. The molecule has 2 aromatic rings. The van der Waals surface area contributed by atoms with E-state index in [-0.39, 0.29) is 11.9 Å². The molecule has 4 heteroatoms. The van der Waals surface area contributed by atoms with Crippen molar-refractivity contribution in [3.8, 4) is 0 Å². The van der Waals surface area contributed by atoms with Gasteiger partial charge in [-0.3, -0.25) is 9.89 Å². The van der Waals surface area contributed by atoms with Crippen LogP contribution in [0.15, 0.2) is 24.3 Å². The molecule has 0 aliphatic carbocycles. The van der Waals surface area contributed by atoms with E-state index in [4.69, 9.17) is 0 Å². The number of rotatable bonds is 8. The Morgan fingerprint density at radius 2 is 2.05 bits per heavy atom. The molecule has 0 spiro atoms. The van der Waals surface area contributed by atoms with E-state index in [2.05, 4.69) is 29.4 Å². The normalized spacial score (nSPS) is 12.5. The van der Waals surface area contributed by atoms with E-state index in [1.165, 1.54) is 25.7 Å². The lowest BCUT2D eigenvalue weighted by molar-refractivity contribution is 0.0930. The van der Waals surface area contributed by atoms with Gasteiger partial charge in [0.05, 0.1) is 5.52 Å². The molecule has 2 rings (SSSR count). The lowest BCUT2D eigenvalue weighted by Crippen LogP contribution is -2.34. The highest BCUT2D eigenvalue weighted by molar-refractivity contribution is 6.04. The van der Waals surface area contributed by atoms with Crippen LogP contribution in [0.4, 0.5) is 0 Å². The number of H-pyrrole nitrogens is 1. The van der Waals surface area contributed by atoms with E-state index >= 15 is 0 Å². The molecule has 1 unspecified atom stereocenters. The van der Waals surface area contributed by atoms with Gasteiger partial charge in [0.15, 0.2) is 5.69 Å². The van der Waals surface area contributed by atoms with Crippen molar-refractivity contribution in [2.45, 2.75) is 58.4 Å². The monoisotopic (exact) mass is 287 g/mol. The molecular formula is C17H25N3O. The first-order valence-corrected chi connectivity index (χ1v) is 8.00. The van der Waals surface area contributed by atoms with Crippen LogP contribution in [0.3, 0.4) is 0 Å². The summed E-state index contributed by atoms with van der Waals surface area (Å²) in [7, 11) is 0. The van der Waals surface area contributed by atoms with Crippen molar-refractivity contribution >= 4 is 16.8 Å². The van der Waals surface area contributed by atoms with Crippen LogP contribution in [0.1, 0.15) is 62.9 Å². The fourth-order valence-corrected chi connectivity index (χ4v) is 2.59. The zero-order valence-corrected chi connectivity index (χ0v) is 13.0. The van der Waals surface area contributed by atoms with Gasteiger partial charge < -0.3 is 5.32 Å². The first kappa shape index (κ1) is 15.5. The summed E-state index contributed by atoms with van der Waals surface area (Å²) in [5.74, 6) is -0.0743. The Bertz CT molecular complexity index is 576. The largest absolute Gasteiger partial charge is 0.348 e. The fourth-order valence-electron chi connectivity index (χ4n) is 2.59. The van der Waals surface area contributed by atoms with Gasteiger partial charge in [-0.15, -0.1) is 0 Å². The number of aromatic nitrogens is 2. The highest BCUT2D eigenvalue weighted by Crippen LogP contribution is 2.16. The van der Waals surface area contributed by atoms with E-state index in [1.54, 1.807) is 0 Å². The summed E-state index contributed by atoms with van der Waals surface area (Å²) in [6.07, 6.45) is 6.93. The highest BCUT2D eigenvalue weighted by Gasteiger charge is 2.16. The van der Waals surface area contributed by atoms with Gasteiger partial charge in [0.25, 0.3) is 5.91 Å². The van der Waals surface area contributed by atoms with Crippen LogP contribution < -0.4 is 5.32 Å². The number of hydrogen-bond donors (Lipinski definition) is 2. The summed E-state index contributed by atoms with van der Waals surface area (Å²) in [6, 6.07) is 7.96. The minimum Gasteiger partial charge on any atom is -0.348 e. The standard InChI is InChI=1S/C17H25N3O/c1-3-5-6-7-10-13(4-2)18-17(21)16-14-11-8-9-12-15(14)19-20-16/h8-9,11-13H,3-7,10H2,1-2H3,(H,18,21)(H,19,20). The van der Waals surface area contributed by atoms with Crippen molar-refractivity contribution in [3.05, 3.63) is 30.0 Å². The second-order valence-electron chi connectivity index (χ2n) is 5.55. The van der Waals surface area contributed by atoms with Crippen LogP contribution in [0.5, 0.6) is 0 Å². The molecule has 2 N–H and O–H groups in total. The second-order valence-corrected chi connectivity index (χ2v) is 5.55. The molecule has 0 saturated carbocycles. The van der Waals surface area contributed by atoms with Gasteiger partial charge in [-0.1, -0.05) is 57.7 Å². The Labute approximate surface area is 126 Å². The summed E-state index contributed by atoms with van der Waals surface area (Å²) in [4.78, 5) is 12.4. The number of amides is 1. The molecule has 1 aromatic carbocycles. The number of fused-ring (bicyclic) bond motifs is 1. The fraction of sp³-hybridized carbons (Fsp3) is 0.529. The number of aromatic amines is 1. The van der Waals surface area contributed by atoms with E-state index in [9.17, 15) is 4.79 Å². The number of hydrogen-bond acceptors (Lipinski definition) is 2. The first-order valence-electron chi connectivity index (χ1n) is 8.00. The summed E-state index contributed by atoms with van der Waals surface area (Å²) >= 11 is 0. The van der Waals surface area contributed by atoms with E-state index in [1.807, 2.05) is 24.3 Å². The van der Waals surface area contributed by atoms with Crippen molar-refractivity contribution < 1.29 is 4.79 Å². The number of carbonyl (C=O) groups excluding carboxylic acids is 1. The van der Waals surface area contributed by atoms with Gasteiger partial charge in [0.2, 0.25) is 0 Å². The van der Waals surface area contributed by atoms with Crippen molar-refractivity contribution in [2.75, 3.05) is 0 Å². The maximum atomic E-state index is 12.4. The number of unbranched alkanes of at least 4 members (excludes halogenated alkanes) is 3. The second kappa shape index (κ2) is 7.81. The van der Waals surface area contributed by atoms with Crippen LogP contribution in [0.25, 0.3) is 10.9 Å². The van der Waals surface area contributed by atoms with Crippen molar-refractivity contribution in [3.63, 3.8) is 0 Å². The number of carbonyl (C=O) groups is 1. The number of benzene rings is 1. The van der Waals surface area contributed by atoms with Crippen molar-refractivity contribution in [1.82, 2.24) is 15.5 Å². The lowest BCUT2D eigenvalue weighted by atomic mass is 10.0. The van der Waals surface area contributed by atoms with Crippen LogP contribution in [0.2, 0.25) is 0 Å². The lowest BCUT2D eigenvalue weighted by Gasteiger charge is -2.16. The minimum atomic E-state index is -0.0743. The molecule has 1 aromatic heterocycles. The summed E-state index contributed by atoms with van der Waals surface area (Å²) < 4.78 is 0.